The van der Waals surface area contributed by atoms with E-state index in [-0.39, 0.29) is 17.9 Å². The van der Waals surface area contributed by atoms with Crippen molar-refractivity contribution < 1.29 is 22.7 Å². The van der Waals surface area contributed by atoms with Crippen LogP contribution < -0.4 is 10.2 Å². The van der Waals surface area contributed by atoms with E-state index in [4.69, 9.17) is 4.74 Å². The van der Waals surface area contributed by atoms with Crippen LogP contribution in [0.2, 0.25) is 0 Å². The minimum absolute atomic E-state index is 0.0810. The molecule has 36 heavy (non-hydrogen) atoms. The number of hydrogen-bond donors (Lipinski definition) is 1. The molecule has 10 heteroatoms. The van der Waals surface area contributed by atoms with Gasteiger partial charge in [0.1, 0.15) is 12.2 Å². The molecule has 190 valence electrons. The van der Waals surface area contributed by atoms with E-state index < -0.39 is 12.6 Å². The largest absolute Gasteiger partial charge is 0.390 e. The van der Waals surface area contributed by atoms with Crippen molar-refractivity contribution in [3.05, 3.63) is 76.4 Å². The van der Waals surface area contributed by atoms with Crippen LogP contribution in [0.25, 0.3) is 0 Å². The van der Waals surface area contributed by atoms with Crippen molar-refractivity contribution in [1.82, 2.24) is 20.1 Å². The van der Waals surface area contributed by atoms with E-state index in [1.807, 2.05) is 48.9 Å². The monoisotopic (exact) mass is 499 g/mol. The third-order valence-electron chi connectivity index (χ3n) is 6.93. The molecule has 7 nitrogen and oxygen atoms in total. The minimum Gasteiger partial charge on any atom is -0.379 e. The molecule has 1 saturated heterocycles. The standard InChI is InChI=1S/C26H28F3N5O2/c1-17-7-18(12-30-6-5-26(27,28)29)9-21(8-17)34-13-19-3-4-20(10-22(19)24(34)35)25(14-36-15-25)11-23-32-31-16-33(23)2/h3-4,7-10,16,30H,5-6,11-15H2,1-2H3. The molecule has 2 aliphatic rings. The second-order valence-electron chi connectivity index (χ2n) is 9.79. The molecular formula is C26H28F3N5O2. The number of hydrogen-bond acceptors (Lipinski definition) is 5. The summed E-state index contributed by atoms with van der Waals surface area (Å²) >= 11 is 0. The lowest BCUT2D eigenvalue weighted by atomic mass is 9.75. The van der Waals surface area contributed by atoms with Crippen molar-refractivity contribution in [2.45, 2.75) is 44.4 Å². The Morgan fingerprint density at radius 1 is 1.17 bits per heavy atom. The number of halogens is 3. The number of amides is 1. The number of anilines is 1. The fourth-order valence-corrected chi connectivity index (χ4v) is 4.89. The van der Waals surface area contributed by atoms with Crippen molar-refractivity contribution in [3.8, 4) is 0 Å². The second-order valence-corrected chi connectivity index (χ2v) is 9.79. The maximum absolute atomic E-state index is 13.5. The summed E-state index contributed by atoms with van der Waals surface area (Å²) in [5, 5.41) is 11.0. The smallest absolute Gasteiger partial charge is 0.379 e. The van der Waals surface area contributed by atoms with Gasteiger partial charge in [-0.3, -0.25) is 4.79 Å². The van der Waals surface area contributed by atoms with E-state index in [1.165, 1.54) is 0 Å². The fraction of sp³-hybridized carbons (Fsp3) is 0.423. The summed E-state index contributed by atoms with van der Waals surface area (Å²) in [4.78, 5) is 15.2. The van der Waals surface area contributed by atoms with Gasteiger partial charge >= 0.3 is 6.18 Å². The number of aromatic nitrogens is 3. The molecule has 0 radical (unpaired) electrons. The number of aryl methyl sites for hydroxylation is 2. The van der Waals surface area contributed by atoms with Crippen LogP contribution in [0.5, 0.6) is 0 Å². The Balaban J connectivity index is 1.34. The Morgan fingerprint density at radius 2 is 1.97 bits per heavy atom. The number of fused-ring (bicyclic) bond motifs is 1. The Hall–Kier alpha value is -3.24. The van der Waals surface area contributed by atoms with Gasteiger partial charge in [-0.15, -0.1) is 10.2 Å². The first-order valence-corrected chi connectivity index (χ1v) is 11.9. The number of nitrogens with one attached hydrogen (secondary N) is 1. The molecule has 0 spiro atoms. The number of benzene rings is 2. The van der Waals surface area contributed by atoms with E-state index in [9.17, 15) is 18.0 Å². The van der Waals surface area contributed by atoms with Crippen LogP contribution >= 0.6 is 0 Å². The number of carbonyl (C=O) groups is 1. The summed E-state index contributed by atoms with van der Waals surface area (Å²) < 4.78 is 44.8. The number of alkyl halides is 3. The number of ether oxygens (including phenoxy) is 1. The average Bonchev–Trinajstić information content (AvgIpc) is 3.35. The summed E-state index contributed by atoms with van der Waals surface area (Å²) in [6.45, 7) is 3.63. The highest BCUT2D eigenvalue weighted by Gasteiger charge is 2.43. The molecule has 0 atom stereocenters. The van der Waals surface area contributed by atoms with Crippen LogP contribution in [0.1, 0.15) is 44.9 Å². The lowest BCUT2D eigenvalue weighted by Gasteiger charge is -2.41. The van der Waals surface area contributed by atoms with E-state index in [1.54, 1.807) is 11.2 Å². The highest BCUT2D eigenvalue weighted by molar-refractivity contribution is 6.10. The Bertz CT molecular complexity index is 1280. The van der Waals surface area contributed by atoms with Crippen molar-refractivity contribution in [1.29, 1.82) is 0 Å². The SMILES string of the molecule is Cc1cc(CNCCC(F)(F)F)cc(N2Cc3ccc(C4(Cc5nncn5C)COC4)cc3C2=O)c1. The summed E-state index contributed by atoms with van der Waals surface area (Å²) in [7, 11) is 1.91. The maximum Gasteiger partial charge on any atom is 0.390 e. The van der Waals surface area contributed by atoms with E-state index in [0.29, 0.717) is 38.3 Å². The van der Waals surface area contributed by atoms with E-state index in [0.717, 1.165) is 33.8 Å². The van der Waals surface area contributed by atoms with Crippen LogP contribution in [0.3, 0.4) is 0 Å². The third-order valence-corrected chi connectivity index (χ3v) is 6.93. The quantitative estimate of drug-likeness (QED) is 0.477. The van der Waals surface area contributed by atoms with Gasteiger partial charge in [-0.25, -0.2) is 0 Å². The molecule has 0 aliphatic carbocycles. The van der Waals surface area contributed by atoms with Crippen LogP contribution in [0.4, 0.5) is 18.9 Å². The molecule has 1 aromatic heterocycles. The lowest BCUT2D eigenvalue weighted by Crippen LogP contribution is -2.49. The summed E-state index contributed by atoms with van der Waals surface area (Å²) in [6, 6.07) is 11.8. The molecule has 0 saturated carbocycles. The van der Waals surface area contributed by atoms with Crippen LogP contribution in [0.15, 0.2) is 42.7 Å². The molecule has 1 amide bonds. The Labute approximate surface area is 207 Å². The molecule has 1 fully saturated rings. The number of nitrogens with zero attached hydrogens (tertiary/aromatic N) is 4. The van der Waals surface area contributed by atoms with Crippen LogP contribution in [-0.4, -0.2) is 46.6 Å². The topological polar surface area (TPSA) is 72.3 Å². The average molecular weight is 500 g/mol. The molecule has 3 heterocycles. The van der Waals surface area contributed by atoms with Gasteiger partial charge in [-0.2, -0.15) is 13.2 Å². The normalized spacial score (nSPS) is 16.8. The first-order chi connectivity index (χ1) is 17.1. The van der Waals surface area contributed by atoms with Crippen molar-refractivity contribution in [3.63, 3.8) is 0 Å². The lowest BCUT2D eigenvalue weighted by molar-refractivity contribution is -0.133. The minimum atomic E-state index is -4.18. The van der Waals surface area contributed by atoms with Gasteiger partial charge in [0, 0.05) is 43.2 Å². The molecule has 3 aromatic rings. The predicted molar refractivity (Wildman–Crippen MR) is 128 cm³/mol. The van der Waals surface area contributed by atoms with Gasteiger partial charge in [0.25, 0.3) is 5.91 Å². The summed E-state index contributed by atoms with van der Waals surface area (Å²) in [5.41, 5.74) is 4.94. The highest BCUT2D eigenvalue weighted by Crippen LogP contribution is 2.38. The maximum atomic E-state index is 13.5. The summed E-state index contributed by atoms with van der Waals surface area (Å²) in [6.07, 6.45) is -2.72. The van der Waals surface area contributed by atoms with Crippen molar-refractivity contribution in [2.75, 3.05) is 24.7 Å². The van der Waals surface area contributed by atoms with Crippen molar-refractivity contribution in [2.24, 2.45) is 7.05 Å². The van der Waals surface area contributed by atoms with Gasteiger partial charge < -0.3 is 19.5 Å². The van der Waals surface area contributed by atoms with Gasteiger partial charge in [0.15, 0.2) is 0 Å². The van der Waals surface area contributed by atoms with Crippen molar-refractivity contribution >= 4 is 11.6 Å². The molecule has 0 bridgehead atoms. The molecular weight excluding hydrogens is 471 g/mol. The van der Waals surface area contributed by atoms with E-state index in [2.05, 4.69) is 21.6 Å². The van der Waals surface area contributed by atoms with Crippen LogP contribution in [-0.2, 0) is 36.7 Å². The van der Waals surface area contributed by atoms with Gasteiger partial charge in [0.05, 0.1) is 26.2 Å². The first-order valence-electron chi connectivity index (χ1n) is 11.9. The van der Waals surface area contributed by atoms with Gasteiger partial charge in [-0.05, 0) is 47.4 Å². The predicted octanol–water partition coefficient (Wildman–Crippen LogP) is 3.84. The first kappa shape index (κ1) is 24.5. The molecule has 1 N–H and O–H groups in total. The number of carbonyl (C=O) groups excluding carboxylic acids is 1. The number of rotatable bonds is 8. The molecule has 5 rings (SSSR count). The van der Waals surface area contributed by atoms with Gasteiger partial charge in [0.2, 0.25) is 0 Å². The van der Waals surface area contributed by atoms with E-state index >= 15 is 0 Å². The summed E-state index contributed by atoms with van der Waals surface area (Å²) in [5.74, 6) is 0.783. The zero-order valence-corrected chi connectivity index (χ0v) is 20.2. The zero-order valence-electron chi connectivity index (χ0n) is 20.2. The second kappa shape index (κ2) is 9.33. The Morgan fingerprint density at radius 3 is 2.64 bits per heavy atom. The molecule has 2 aromatic carbocycles. The highest BCUT2D eigenvalue weighted by atomic mass is 19.4. The zero-order chi connectivity index (χ0) is 25.5. The fourth-order valence-electron chi connectivity index (χ4n) is 4.89. The third kappa shape index (κ3) is 4.87. The molecule has 2 aliphatic heterocycles. The molecule has 0 unspecified atom stereocenters. The Kier molecular flexibility index (Phi) is 6.34. The van der Waals surface area contributed by atoms with Gasteiger partial charge in [-0.1, -0.05) is 18.2 Å². The van der Waals surface area contributed by atoms with Crippen LogP contribution in [0, 0.1) is 6.92 Å².